The highest BCUT2D eigenvalue weighted by Gasteiger charge is 2.17. The number of anilines is 1. The van der Waals surface area contributed by atoms with E-state index in [1.165, 1.54) is 16.8 Å². The van der Waals surface area contributed by atoms with E-state index in [1.54, 1.807) is 36.5 Å². The third-order valence-corrected chi connectivity index (χ3v) is 6.77. The first kappa shape index (κ1) is 26.5. The Morgan fingerprint density at radius 2 is 1.76 bits per heavy atom. The summed E-state index contributed by atoms with van der Waals surface area (Å²) in [4.78, 5) is 30.9. The minimum Gasteiger partial charge on any atom is -0.488 e. The van der Waals surface area contributed by atoms with Crippen LogP contribution in [0.2, 0.25) is 0 Å². The molecule has 10 nitrogen and oxygen atoms in total. The standard InChI is InChI=1S/C32H25N5O5/c1-35(2)25-16-13-23(29(18-25)41-20-21-11-14-24(15-12-21)37(39)40)19-33-36-31(30-17-22-7-3-6-10-28(22)42-30)34-27-9-5-4-8-26(27)32(36)38/h3-19H,20H2,1-2H3. The molecule has 10 heteroatoms. The van der Waals surface area contributed by atoms with E-state index in [9.17, 15) is 14.9 Å². The molecule has 0 bridgehead atoms. The Bertz CT molecular complexity index is 1990. The van der Waals surface area contributed by atoms with Crippen LogP contribution in [-0.2, 0) is 6.61 Å². The second kappa shape index (κ2) is 11.0. The number of fused-ring (bicyclic) bond motifs is 2. The summed E-state index contributed by atoms with van der Waals surface area (Å²) in [5.74, 6) is 1.20. The van der Waals surface area contributed by atoms with E-state index < -0.39 is 4.92 Å². The van der Waals surface area contributed by atoms with Crippen LogP contribution in [-0.4, -0.2) is 34.9 Å². The van der Waals surface area contributed by atoms with Gasteiger partial charge in [-0.2, -0.15) is 9.78 Å². The van der Waals surface area contributed by atoms with Gasteiger partial charge in [0.15, 0.2) is 5.76 Å². The normalized spacial score (nSPS) is 11.4. The third-order valence-electron chi connectivity index (χ3n) is 6.77. The van der Waals surface area contributed by atoms with Gasteiger partial charge in [0.25, 0.3) is 11.2 Å². The molecule has 0 saturated heterocycles. The molecule has 0 atom stereocenters. The van der Waals surface area contributed by atoms with Crippen molar-refractivity contribution in [2.75, 3.05) is 19.0 Å². The van der Waals surface area contributed by atoms with Crippen molar-refractivity contribution in [2.24, 2.45) is 5.10 Å². The topological polar surface area (TPSA) is 116 Å². The fraction of sp³-hybridized carbons (Fsp3) is 0.0938. The molecule has 6 aromatic rings. The van der Waals surface area contributed by atoms with Crippen molar-refractivity contribution in [3.8, 4) is 17.3 Å². The average molecular weight is 560 g/mol. The lowest BCUT2D eigenvalue weighted by atomic mass is 10.2. The number of nitrogens with zero attached hydrogens (tertiary/aromatic N) is 5. The molecular weight excluding hydrogens is 534 g/mol. The van der Waals surface area contributed by atoms with Gasteiger partial charge in [0, 0.05) is 48.9 Å². The van der Waals surface area contributed by atoms with Crippen molar-refractivity contribution in [1.82, 2.24) is 9.66 Å². The zero-order chi connectivity index (χ0) is 29.2. The molecule has 0 aliphatic carbocycles. The Balaban J connectivity index is 1.41. The van der Waals surface area contributed by atoms with E-state index in [2.05, 4.69) is 5.10 Å². The number of hydrogen-bond donors (Lipinski definition) is 0. The highest BCUT2D eigenvalue weighted by molar-refractivity contribution is 5.86. The maximum absolute atomic E-state index is 13.7. The number of nitro groups is 1. The molecule has 0 aliphatic rings. The van der Waals surface area contributed by atoms with Crippen molar-refractivity contribution in [1.29, 1.82) is 0 Å². The van der Waals surface area contributed by atoms with Crippen LogP contribution in [0.3, 0.4) is 0 Å². The molecule has 0 amide bonds. The van der Waals surface area contributed by atoms with Crippen molar-refractivity contribution < 1.29 is 14.1 Å². The van der Waals surface area contributed by atoms with E-state index in [1.807, 2.05) is 73.6 Å². The Kier molecular flexibility index (Phi) is 6.93. The predicted octanol–water partition coefficient (Wildman–Crippen LogP) is 6.25. The molecule has 0 radical (unpaired) electrons. The van der Waals surface area contributed by atoms with Gasteiger partial charge in [-0.3, -0.25) is 14.9 Å². The smallest absolute Gasteiger partial charge is 0.282 e. The summed E-state index contributed by atoms with van der Waals surface area (Å²) in [7, 11) is 3.84. The van der Waals surface area contributed by atoms with Crippen molar-refractivity contribution in [2.45, 2.75) is 6.61 Å². The quantitative estimate of drug-likeness (QED) is 0.123. The van der Waals surface area contributed by atoms with Crippen LogP contribution < -0.4 is 15.2 Å². The Hall–Kier alpha value is -5.77. The van der Waals surface area contributed by atoms with Gasteiger partial charge < -0.3 is 14.1 Å². The van der Waals surface area contributed by atoms with Gasteiger partial charge >= 0.3 is 0 Å². The third kappa shape index (κ3) is 5.20. The van der Waals surface area contributed by atoms with Gasteiger partial charge in [-0.05, 0) is 54.1 Å². The number of hydrogen-bond acceptors (Lipinski definition) is 8. The summed E-state index contributed by atoms with van der Waals surface area (Å²) < 4.78 is 13.4. The van der Waals surface area contributed by atoms with Crippen LogP contribution >= 0.6 is 0 Å². The Labute approximate surface area is 239 Å². The van der Waals surface area contributed by atoms with Gasteiger partial charge in [0.2, 0.25) is 5.82 Å². The molecule has 208 valence electrons. The second-order valence-corrected chi connectivity index (χ2v) is 9.79. The zero-order valence-corrected chi connectivity index (χ0v) is 22.8. The molecule has 2 heterocycles. The lowest BCUT2D eigenvalue weighted by Crippen LogP contribution is -2.20. The van der Waals surface area contributed by atoms with E-state index in [0.717, 1.165) is 16.6 Å². The molecule has 0 aliphatic heterocycles. The number of furan rings is 1. The molecule has 0 unspecified atom stereocenters. The van der Waals surface area contributed by atoms with Crippen LogP contribution in [0, 0.1) is 10.1 Å². The van der Waals surface area contributed by atoms with Crippen LogP contribution in [0.4, 0.5) is 11.4 Å². The number of ether oxygens (including phenoxy) is 1. The molecule has 6 rings (SSSR count). The molecule has 0 fully saturated rings. The maximum atomic E-state index is 13.7. The zero-order valence-electron chi connectivity index (χ0n) is 22.8. The number of para-hydroxylation sites is 2. The summed E-state index contributed by atoms with van der Waals surface area (Å²) in [6.45, 7) is 0.178. The molecule has 0 N–H and O–H groups in total. The first-order chi connectivity index (χ1) is 20.4. The van der Waals surface area contributed by atoms with Gasteiger partial charge in [-0.25, -0.2) is 4.98 Å². The summed E-state index contributed by atoms with van der Waals surface area (Å²) in [6, 6.07) is 28.3. The highest BCUT2D eigenvalue weighted by Crippen LogP contribution is 2.28. The predicted molar refractivity (Wildman–Crippen MR) is 162 cm³/mol. The van der Waals surface area contributed by atoms with E-state index in [4.69, 9.17) is 14.1 Å². The lowest BCUT2D eigenvalue weighted by molar-refractivity contribution is -0.384. The summed E-state index contributed by atoms with van der Waals surface area (Å²) in [5.41, 5.74) is 3.16. The molecule has 2 aromatic heterocycles. The molecule has 0 spiro atoms. The summed E-state index contributed by atoms with van der Waals surface area (Å²) >= 11 is 0. The monoisotopic (exact) mass is 559 g/mol. The van der Waals surface area contributed by atoms with Gasteiger partial charge in [0.05, 0.1) is 22.0 Å². The number of benzene rings is 4. The lowest BCUT2D eigenvalue weighted by Gasteiger charge is -2.16. The number of aromatic nitrogens is 2. The fourth-order valence-electron chi connectivity index (χ4n) is 4.51. The minimum atomic E-state index is -0.442. The largest absolute Gasteiger partial charge is 0.488 e. The number of nitro benzene ring substituents is 1. The fourth-order valence-corrected chi connectivity index (χ4v) is 4.51. The molecular formula is C32H25N5O5. The van der Waals surface area contributed by atoms with Gasteiger partial charge in [0.1, 0.15) is 17.9 Å². The molecule has 4 aromatic carbocycles. The van der Waals surface area contributed by atoms with E-state index >= 15 is 0 Å². The van der Waals surface area contributed by atoms with Gasteiger partial charge in [-0.15, -0.1) is 0 Å². The van der Waals surface area contributed by atoms with Crippen LogP contribution in [0.25, 0.3) is 33.5 Å². The molecule has 42 heavy (non-hydrogen) atoms. The van der Waals surface area contributed by atoms with Crippen molar-refractivity contribution in [3.63, 3.8) is 0 Å². The number of non-ortho nitro benzene ring substituents is 1. The van der Waals surface area contributed by atoms with E-state index in [-0.39, 0.29) is 23.7 Å². The molecule has 0 saturated carbocycles. The Morgan fingerprint density at radius 1 is 1.00 bits per heavy atom. The van der Waals surface area contributed by atoms with Crippen LogP contribution in [0.15, 0.2) is 111 Å². The van der Waals surface area contributed by atoms with Crippen LogP contribution in [0.5, 0.6) is 5.75 Å². The first-order valence-corrected chi connectivity index (χ1v) is 13.1. The average Bonchev–Trinajstić information content (AvgIpc) is 3.44. The summed E-state index contributed by atoms with van der Waals surface area (Å²) in [6.07, 6.45) is 1.55. The Morgan fingerprint density at radius 3 is 2.52 bits per heavy atom. The minimum absolute atomic E-state index is 0.0101. The first-order valence-electron chi connectivity index (χ1n) is 13.1. The van der Waals surface area contributed by atoms with Crippen molar-refractivity contribution >= 4 is 39.5 Å². The van der Waals surface area contributed by atoms with Crippen molar-refractivity contribution in [3.05, 3.63) is 129 Å². The SMILES string of the molecule is CN(C)c1ccc(C=Nn2c(-c3cc4ccccc4o3)nc3ccccc3c2=O)c(OCc2ccc([N+](=O)[O-])cc2)c1. The van der Waals surface area contributed by atoms with Crippen LogP contribution in [0.1, 0.15) is 11.1 Å². The van der Waals surface area contributed by atoms with E-state index in [0.29, 0.717) is 33.6 Å². The van der Waals surface area contributed by atoms with Gasteiger partial charge in [-0.1, -0.05) is 30.3 Å². The second-order valence-electron chi connectivity index (χ2n) is 9.79. The number of rotatable bonds is 8. The highest BCUT2D eigenvalue weighted by atomic mass is 16.6. The maximum Gasteiger partial charge on any atom is 0.282 e. The summed E-state index contributed by atoms with van der Waals surface area (Å²) in [5, 5.41) is 16.9.